The Labute approximate surface area is 157 Å². The standard InChI is InChI=1S/C21H23F3N2O/c1-12(2)14-7-6-8-15(11-14)25-21(27)16-17(22)13(3)20(19(24)18(16)23)26-9-4-5-10-26/h6-8,11-12H,4-5,9-10H2,1-3H3,(H,25,27). The number of rotatable bonds is 4. The molecule has 2 aromatic rings. The molecule has 144 valence electrons. The van der Waals surface area contributed by atoms with E-state index in [1.54, 1.807) is 23.1 Å². The number of anilines is 2. The summed E-state index contributed by atoms with van der Waals surface area (Å²) < 4.78 is 44.1. The van der Waals surface area contributed by atoms with Gasteiger partial charge in [-0.05, 0) is 43.4 Å². The van der Waals surface area contributed by atoms with Crippen molar-refractivity contribution in [2.45, 2.75) is 39.5 Å². The third-order valence-electron chi connectivity index (χ3n) is 4.98. The van der Waals surface area contributed by atoms with Crippen LogP contribution in [0.25, 0.3) is 0 Å². The van der Waals surface area contributed by atoms with E-state index in [1.807, 2.05) is 19.9 Å². The number of amides is 1. The van der Waals surface area contributed by atoms with E-state index in [4.69, 9.17) is 0 Å². The summed E-state index contributed by atoms with van der Waals surface area (Å²) in [5.41, 5.74) is 0.368. The lowest BCUT2D eigenvalue weighted by atomic mass is 10.0. The first-order chi connectivity index (χ1) is 12.8. The zero-order chi connectivity index (χ0) is 19.7. The van der Waals surface area contributed by atoms with Crippen LogP contribution in [-0.4, -0.2) is 19.0 Å². The van der Waals surface area contributed by atoms with Crippen LogP contribution in [0.1, 0.15) is 54.1 Å². The third kappa shape index (κ3) is 3.66. The zero-order valence-corrected chi connectivity index (χ0v) is 15.7. The van der Waals surface area contributed by atoms with Crippen LogP contribution in [0.2, 0.25) is 0 Å². The fourth-order valence-electron chi connectivity index (χ4n) is 3.45. The van der Waals surface area contributed by atoms with Crippen molar-refractivity contribution in [2.24, 2.45) is 0 Å². The minimum absolute atomic E-state index is 0.0446. The predicted octanol–water partition coefficient (Wildman–Crippen LogP) is 5.39. The second kappa shape index (κ2) is 7.62. The molecule has 1 N–H and O–H groups in total. The molecule has 3 nitrogen and oxygen atoms in total. The van der Waals surface area contributed by atoms with Gasteiger partial charge in [-0.2, -0.15) is 0 Å². The number of nitrogens with zero attached hydrogens (tertiary/aromatic N) is 1. The van der Waals surface area contributed by atoms with Crippen LogP contribution < -0.4 is 10.2 Å². The molecule has 1 aliphatic rings. The number of halogens is 3. The lowest BCUT2D eigenvalue weighted by Crippen LogP contribution is -2.24. The van der Waals surface area contributed by atoms with Crippen molar-refractivity contribution in [3.8, 4) is 0 Å². The maximum Gasteiger partial charge on any atom is 0.261 e. The molecule has 3 rings (SSSR count). The van der Waals surface area contributed by atoms with Crippen LogP contribution in [-0.2, 0) is 0 Å². The molecule has 0 aromatic heterocycles. The summed E-state index contributed by atoms with van der Waals surface area (Å²) in [6, 6.07) is 7.01. The summed E-state index contributed by atoms with van der Waals surface area (Å²) in [4.78, 5) is 14.1. The lowest BCUT2D eigenvalue weighted by molar-refractivity contribution is 0.101. The Morgan fingerprint density at radius 1 is 1.07 bits per heavy atom. The molecule has 0 bridgehead atoms. The maximum atomic E-state index is 14.8. The van der Waals surface area contributed by atoms with E-state index in [0.29, 0.717) is 18.8 Å². The molecule has 27 heavy (non-hydrogen) atoms. The molecule has 0 saturated carbocycles. The second-order valence-electron chi connectivity index (χ2n) is 7.22. The van der Waals surface area contributed by atoms with Gasteiger partial charge in [0.15, 0.2) is 11.6 Å². The van der Waals surface area contributed by atoms with Crippen LogP contribution in [0.4, 0.5) is 24.5 Å². The normalized spacial score (nSPS) is 14.1. The maximum absolute atomic E-state index is 14.8. The van der Waals surface area contributed by atoms with Crippen LogP contribution in [0.5, 0.6) is 0 Å². The number of benzene rings is 2. The third-order valence-corrected chi connectivity index (χ3v) is 4.98. The molecular formula is C21H23F3N2O. The fourth-order valence-corrected chi connectivity index (χ4v) is 3.45. The summed E-state index contributed by atoms with van der Waals surface area (Å²) in [5.74, 6) is -4.40. The molecule has 1 amide bonds. The van der Waals surface area contributed by atoms with Crippen molar-refractivity contribution in [3.63, 3.8) is 0 Å². The average molecular weight is 376 g/mol. The number of hydrogen-bond acceptors (Lipinski definition) is 2. The summed E-state index contributed by atoms with van der Waals surface area (Å²) in [7, 11) is 0. The van der Waals surface area contributed by atoms with E-state index in [2.05, 4.69) is 5.32 Å². The smallest absolute Gasteiger partial charge is 0.261 e. The number of carbonyl (C=O) groups is 1. The molecule has 0 atom stereocenters. The van der Waals surface area contributed by atoms with E-state index in [0.717, 1.165) is 18.4 Å². The van der Waals surface area contributed by atoms with E-state index in [1.165, 1.54) is 6.92 Å². The summed E-state index contributed by atoms with van der Waals surface area (Å²) in [6.07, 6.45) is 1.69. The molecule has 0 radical (unpaired) electrons. The molecule has 1 fully saturated rings. The highest BCUT2D eigenvalue weighted by atomic mass is 19.2. The van der Waals surface area contributed by atoms with E-state index in [9.17, 15) is 18.0 Å². The molecule has 0 aliphatic carbocycles. The molecule has 0 unspecified atom stereocenters. The number of carbonyl (C=O) groups excluding carboxylic acids is 1. The van der Waals surface area contributed by atoms with Crippen molar-refractivity contribution in [1.82, 2.24) is 0 Å². The zero-order valence-electron chi connectivity index (χ0n) is 15.7. The lowest BCUT2D eigenvalue weighted by Gasteiger charge is -2.22. The van der Waals surface area contributed by atoms with Gasteiger partial charge in [0.05, 0.1) is 5.69 Å². The van der Waals surface area contributed by atoms with Gasteiger partial charge in [-0.1, -0.05) is 26.0 Å². The molecule has 1 heterocycles. The van der Waals surface area contributed by atoms with Gasteiger partial charge in [0, 0.05) is 24.3 Å². The Kier molecular flexibility index (Phi) is 5.44. The molecule has 0 spiro atoms. The van der Waals surface area contributed by atoms with Gasteiger partial charge in [-0.15, -0.1) is 0 Å². The Hall–Kier alpha value is -2.50. The highest BCUT2D eigenvalue weighted by Gasteiger charge is 2.30. The minimum atomic E-state index is -1.45. The Morgan fingerprint density at radius 2 is 1.74 bits per heavy atom. The van der Waals surface area contributed by atoms with Crippen molar-refractivity contribution < 1.29 is 18.0 Å². The second-order valence-corrected chi connectivity index (χ2v) is 7.22. The average Bonchev–Trinajstić information content (AvgIpc) is 3.15. The van der Waals surface area contributed by atoms with E-state index < -0.39 is 28.9 Å². The SMILES string of the molecule is Cc1c(F)c(C(=O)Nc2cccc(C(C)C)c2)c(F)c(F)c1N1CCCC1. The largest absolute Gasteiger partial charge is 0.369 e. The molecule has 2 aromatic carbocycles. The highest BCUT2D eigenvalue weighted by molar-refractivity contribution is 6.05. The number of nitrogens with one attached hydrogen (secondary N) is 1. The van der Waals surface area contributed by atoms with Crippen molar-refractivity contribution >= 4 is 17.3 Å². The van der Waals surface area contributed by atoms with Gasteiger partial charge in [0.2, 0.25) is 0 Å². The van der Waals surface area contributed by atoms with Gasteiger partial charge in [0.1, 0.15) is 11.4 Å². The predicted molar refractivity (Wildman–Crippen MR) is 101 cm³/mol. The van der Waals surface area contributed by atoms with E-state index in [-0.39, 0.29) is 17.2 Å². The van der Waals surface area contributed by atoms with Gasteiger partial charge in [-0.3, -0.25) is 4.79 Å². The quantitative estimate of drug-likeness (QED) is 0.726. The van der Waals surface area contributed by atoms with Gasteiger partial charge >= 0.3 is 0 Å². The summed E-state index contributed by atoms with van der Waals surface area (Å²) in [5, 5.41) is 2.48. The van der Waals surface area contributed by atoms with Crippen LogP contribution in [0.15, 0.2) is 24.3 Å². The number of hydrogen-bond donors (Lipinski definition) is 1. The molecule has 1 saturated heterocycles. The fraction of sp³-hybridized carbons (Fsp3) is 0.381. The first-order valence-corrected chi connectivity index (χ1v) is 9.14. The van der Waals surface area contributed by atoms with Crippen molar-refractivity contribution in [3.05, 3.63) is 58.4 Å². The molecule has 1 aliphatic heterocycles. The Bertz CT molecular complexity index is 845. The topological polar surface area (TPSA) is 32.3 Å². The van der Waals surface area contributed by atoms with E-state index >= 15 is 0 Å². The van der Waals surface area contributed by atoms with Crippen LogP contribution in [0.3, 0.4) is 0 Å². The van der Waals surface area contributed by atoms with Crippen molar-refractivity contribution in [2.75, 3.05) is 23.3 Å². The minimum Gasteiger partial charge on any atom is -0.369 e. The first-order valence-electron chi connectivity index (χ1n) is 9.14. The van der Waals surface area contributed by atoms with Crippen molar-refractivity contribution in [1.29, 1.82) is 0 Å². The Morgan fingerprint density at radius 3 is 2.37 bits per heavy atom. The Balaban J connectivity index is 1.96. The van der Waals surface area contributed by atoms with Gasteiger partial charge < -0.3 is 10.2 Å². The van der Waals surface area contributed by atoms with Gasteiger partial charge in [-0.25, -0.2) is 13.2 Å². The monoisotopic (exact) mass is 376 g/mol. The van der Waals surface area contributed by atoms with Crippen LogP contribution >= 0.6 is 0 Å². The van der Waals surface area contributed by atoms with Crippen LogP contribution in [0, 0.1) is 24.4 Å². The summed E-state index contributed by atoms with van der Waals surface area (Å²) >= 11 is 0. The molecular weight excluding hydrogens is 353 g/mol. The first kappa shape index (κ1) is 19.3. The highest BCUT2D eigenvalue weighted by Crippen LogP contribution is 2.34. The summed E-state index contributed by atoms with van der Waals surface area (Å²) in [6.45, 7) is 6.46. The molecule has 6 heteroatoms. The van der Waals surface area contributed by atoms with Gasteiger partial charge in [0.25, 0.3) is 5.91 Å².